The molecule has 0 aromatic heterocycles. The lowest BCUT2D eigenvalue weighted by Crippen LogP contribution is -2.30. The van der Waals surface area contributed by atoms with E-state index in [1.807, 2.05) is 0 Å². The molecule has 0 spiro atoms. The minimum absolute atomic E-state index is 0.0898. The standard InChI is InChI=1S/C73H124O6/c1-4-7-10-13-16-19-22-25-26-27-28-29-30-31-32-33-34-35-36-37-38-39-40-41-42-43-44-45-46-49-51-54-57-60-63-66-72(75)78-69-70(79-73(76)67-64-61-58-55-52-48-24-21-18-15-12-9-6-3)68-77-71(74)65-62-59-56-53-50-47-23-20-17-14-11-8-5-2/h7,9-10,12,16,18-21,23,25-26,28-29,31-32,48,52,70H,4-6,8,11,13-15,17,22,24,27,30,33-47,49-51,53-69H2,1-3H3/b10-7-,12-9-,19-16-,21-18-,23-20-,26-25-,29-28-,32-31-,52-48-. The second-order valence-electron chi connectivity index (χ2n) is 22.0. The van der Waals surface area contributed by atoms with Crippen molar-refractivity contribution in [1.29, 1.82) is 0 Å². The Hall–Kier alpha value is -3.93. The highest BCUT2D eigenvalue weighted by Gasteiger charge is 2.19. The summed E-state index contributed by atoms with van der Waals surface area (Å²) in [5.74, 6) is -0.920. The topological polar surface area (TPSA) is 78.9 Å². The van der Waals surface area contributed by atoms with Crippen LogP contribution in [-0.2, 0) is 28.6 Å². The molecule has 0 aliphatic carbocycles. The van der Waals surface area contributed by atoms with Crippen molar-refractivity contribution in [2.75, 3.05) is 13.2 Å². The van der Waals surface area contributed by atoms with Crippen LogP contribution in [0.25, 0.3) is 0 Å². The lowest BCUT2D eigenvalue weighted by Gasteiger charge is -2.18. The van der Waals surface area contributed by atoms with Gasteiger partial charge in [-0.2, -0.15) is 0 Å². The molecule has 0 rings (SSSR count). The van der Waals surface area contributed by atoms with Crippen molar-refractivity contribution in [3.05, 3.63) is 109 Å². The van der Waals surface area contributed by atoms with E-state index >= 15 is 0 Å². The Labute approximate surface area is 489 Å². The third-order valence-corrected chi connectivity index (χ3v) is 14.2. The van der Waals surface area contributed by atoms with Gasteiger partial charge < -0.3 is 14.2 Å². The predicted molar refractivity (Wildman–Crippen MR) is 343 cm³/mol. The van der Waals surface area contributed by atoms with Crippen molar-refractivity contribution in [2.45, 2.75) is 322 Å². The van der Waals surface area contributed by atoms with Gasteiger partial charge in [0.15, 0.2) is 6.10 Å². The maximum Gasteiger partial charge on any atom is 0.306 e. The van der Waals surface area contributed by atoms with Crippen LogP contribution in [0, 0.1) is 0 Å². The minimum atomic E-state index is -0.795. The predicted octanol–water partition coefficient (Wildman–Crippen LogP) is 23.0. The van der Waals surface area contributed by atoms with Crippen molar-refractivity contribution in [2.24, 2.45) is 0 Å². The van der Waals surface area contributed by atoms with E-state index in [-0.39, 0.29) is 31.1 Å². The molecular formula is C73H124O6. The minimum Gasteiger partial charge on any atom is -0.462 e. The van der Waals surface area contributed by atoms with Gasteiger partial charge in [-0.3, -0.25) is 14.4 Å². The molecule has 79 heavy (non-hydrogen) atoms. The van der Waals surface area contributed by atoms with Gasteiger partial charge >= 0.3 is 17.9 Å². The quantitative estimate of drug-likeness (QED) is 0.0261. The maximum absolute atomic E-state index is 12.8. The van der Waals surface area contributed by atoms with E-state index in [0.717, 1.165) is 122 Å². The molecule has 6 nitrogen and oxygen atoms in total. The van der Waals surface area contributed by atoms with Crippen LogP contribution in [0.3, 0.4) is 0 Å². The fourth-order valence-electron chi connectivity index (χ4n) is 9.30. The number of rotatable bonds is 60. The first-order valence-electron chi connectivity index (χ1n) is 33.4. The van der Waals surface area contributed by atoms with Crippen LogP contribution in [-0.4, -0.2) is 37.2 Å². The second-order valence-corrected chi connectivity index (χ2v) is 22.0. The summed E-state index contributed by atoms with van der Waals surface area (Å²) >= 11 is 0. The number of esters is 3. The van der Waals surface area contributed by atoms with Crippen LogP contribution in [0.15, 0.2) is 109 Å². The van der Waals surface area contributed by atoms with Gasteiger partial charge in [-0.05, 0) is 122 Å². The molecule has 0 aliphatic heterocycles. The zero-order chi connectivity index (χ0) is 57.1. The molecule has 0 bridgehead atoms. The Bertz CT molecular complexity index is 1590. The molecule has 0 saturated carbocycles. The first-order valence-corrected chi connectivity index (χ1v) is 33.4. The van der Waals surface area contributed by atoms with Crippen LogP contribution < -0.4 is 0 Å². The van der Waals surface area contributed by atoms with E-state index in [1.165, 1.54) is 154 Å². The van der Waals surface area contributed by atoms with E-state index in [1.54, 1.807) is 0 Å². The highest BCUT2D eigenvalue weighted by atomic mass is 16.6. The first kappa shape index (κ1) is 75.1. The summed E-state index contributed by atoms with van der Waals surface area (Å²) in [5, 5.41) is 0. The van der Waals surface area contributed by atoms with Crippen molar-refractivity contribution in [3.63, 3.8) is 0 Å². The molecule has 6 heteroatoms. The Morgan fingerprint density at radius 1 is 0.266 bits per heavy atom. The lowest BCUT2D eigenvalue weighted by molar-refractivity contribution is -0.167. The molecule has 0 aliphatic rings. The Morgan fingerprint density at radius 2 is 0.494 bits per heavy atom. The van der Waals surface area contributed by atoms with Gasteiger partial charge in [0.2, 0.25) is 0 Å². The van der Waals surface area contributed by atoms with Crippen LogP contribution >= 0.6 is 0 Å². The average molecular weight is 1100 g/mol. The van der Waals surface area contributed by atoms with Crippen LogP contribution in [0.1, 0.15) is 316 Å². The number of ether oxygens (including phenoxy) is 3. The molecule has 0 aromatic rings. The molecular weight excluding hydrogens is 973 g/mol. The summed E-state index contributed by atoms with van der Waals surface area (Å²) in [5.41, 5.74) is 0. The maximum atomic E-state index is 12.8. The summed E-state index contributed by atoms with van der Waals surface area (Å²) < 4.78 is 16.9. The first-order chi connectivity index (χ1) is 39.0. The number of hydrogen-bond acceptors (Lipinski definition) is 6. The second kappa shape index (κ2) is 66.6. The third kappa shape index (κ3) is 64.8. The SMILES string of the molecule is CC/C=C\C/C=C\C/C=C\C/C=C\C/C=C\CCCCCCCCCCCCCCCCCCCCCC(=O)OCC(COC(=O)CCCCCCC/C=C\CCCCCC)OC(=O)CCCCC/C=C\C/C=C\C/C=C\CC. The summed E-state index contributed by atoms with van der Waals surface area (Å²) in [7, 11) is 0. The van der Waals surface area contributed by atoms with E-state index in [2.05, 4.69) is 130 Å². The smallest absolute Gasteiger partial charge is 0.306 e. The van der Waals surface area contributed by atoms with Crippen LogP contribution in [0.2, 0.25) is 0 Å². The average Bonchev–Trinajstić information content (AvgIpc) is 3.45. The van der Waals surface area contributed by atoms with Crippen molar-refractivity contribution < 1.29 is 28.6 Å². The largest absolute Gasteiger partial charge is 0.462 e. The fraction of sp³-hybridized carbons (Fsp3) is 0.712. The zero-order valence-electron chi connectivity index (χ0n) is 51.9. The molecule has 1 atom stereocenters. The molecule has 0 N–H and O–H groups in total. The van der Waals surface area contributed by atoms with Gasteiger partial charge in [0.05, 0.1) is 0 Å². The molecule has 0 aromatic carbocycles. The van der Waals surface area contributed by atoms with Crippen molar-refractivity contribution in [3.8, 4) is 0 Å². The van der Waals surface area contributed by atoms with Gasteiger partial charge in [-0.1, -0.05) is 284 Å². The van der Waals surface area contributed by atoms with E-state index in [0.29, 0.717) is 19.3 Å². The molecule has 0 saturated heterocycles. The third-order valence-electron chi connectivity index (χ3n) is 14.2. The fourth-order valence-corrected chi connectivity index (χ4v) is 9.30. The lowest BCUT2D eigenvalue weighted by atomic mass is 10.0. The van der Waals surface area contributed by atoms with Gasteiger partial charge in [0.25, 0.3) is 0 Å². The molecule has 0 fully saturated rings. The Kier molecular flexibility index (Phi) is 63.3. The highest BCUT2D eigenvalue weighted by Crippen LogP contribution is 2.17. The monoisotopic (exact) mass is 1100 g/mol. The number of unbranched alkanes of at least 4 members (excludes halogenated alkanes) is 31. The number of carbonyl (C=O) groups excluding carboxylic acids is 3. The summed E-state index contributed by atoms with van der Waals surface area (Å²) in [6, 6.07) is 0. The van der Waals surface area contributed by atoms with Crippen LogP contribution in [0.4, 0.5) is 0 Å². The van der Waals surface area contributed by atoms with Gasteiger partial charge in [-0.15, -0.1) is 0 Å². The highest BCUT2D eigenvalue weighted by molar-refractivity contribution is 5.71. The van der Waals surface area contributed by atoms with E-state index in [9.17, 15) is 14.4 Å². The number of allylic oxidation sites excluding steroid dienone is 18. The molecule has 1 unspecified atom stereocenters. The molecule has 0 heterocycles. The van der Waals surface area contributed by atoms with Crippen molar-refractivity contribution in [1.82, 2.24) is 0 Å². The number of carbonyl (C=O) groups is 3. The molecule has 452 valence electrons. The Balaban J connectivity index is 4.10. The Morgan fingerprint density at radius 3 is 0.797 bits per heavy atom. The van der Waals surface area contributed by atoms with Crippen LogP contribution in [0.5, 0.6) is 0 Å². The number of hydrogen-bond donors (Lipinski definition) is 0. The van der Waals surface area contributed by atoms with Gasteiger partial charge in [0, 0.05) is 19.3 Å². The molecule has 0 radical (unpaired) electrons. The summed E-state index contributed by atoms with van der Waals surface area (Å²) in [6.45, 7) is 6.38. The normalized spacial score (nSPS) is 12.8. The van der Waals surface area contributed by atoms with Gasteiger partial charge in [-0.25, -0.2) is 0 Å². The van der Waals surface area contributed by atoms with Gasteiger partial charge in [0.1, 0.15) is 13.2 Å². The van der Waals surface area contributed by atoms with E-state index < -0.39 is 6.10 Å². The van der Waals surface area contributed by atoms with Crippen molar-refractivity contribution >= 4 is 17.9 Å². The van der Waals surface area contributed by atoms with E-state index in [4.69, 9.17) is 14.2 Å². The molecule has 0 amide bonds. The zero-order valence-corrected chi connectivity index (χ0v) is 51.9. The summed E-state index contributed by atoms with van der Waals surface area (Å²) in [6.07, 6.45) is 91.3. The summed E-state index contributed by atoms with van der Waals surface area (Å²) in [4.78, 5) is 38.2.